The molecule has 1 aliphatic heterocycles. The zero-order valence-electron chi connectivity index (χ0n) is 18.6. The Kier molecular flexibility index (Phi) is 6.95. The van der Waals surface area contributed by atoms with E-state index in [1.54, 1.807) is 25.4 Å². The van der Waals surface area contributed by atoms with Gasteiger partial charge in [0.2, 0.25) is 0 Å². The van der Waals surface area contributed by atoms with Crippen LogP contribution in [0.1, 0.15) is 18.4 Å². The molecule has 5 rings (SSSR count). The van der Waals surface area contributed by atoms with E-state index in [1.807, 2.05) is 0 Å². The molecule has 186 valence electrons. The van der Waals surface area contributed by atoms with E-state index in [4.69, 9.17) is 4.74 Å². The summed E-state index contributed by atoms with van der Waals surface area (Å²) < 4.78 is 84.0. The van der Waals surface area contributed by atoms with E-state index in [0.717, 1.165) is 23.0 Å². The lowest BCUT2D eigenvalue weighted by molar-refractivity contribution is -0.139. The van der Waals surface area contributed by atoms with Gasteiger partial charge >= 0.3 is 6.18 Å². The number of ether oxygens (including phenoxy) is 1. The van der Waals surface area contributed by atoms with E-state index in [2.05, 4.69) is 20.5 Å². The topological polar surface area (TPSA) is 97.0 Å². The Bertz CT molecular complexity index is 1450. The van der Waals surface area contributed by atoms with E-state index in [-0.39, 0.29) is 37.4 Å². The standard InChI is InChI=1S/C16H17F3N2O3S.C7H5FN2/c1-20-13-2-5-21-14-9-12(16(17,18)19)15(8-11(13)14)25(22,23)10-3-6-24-7-4-10;8-6-1-2-7-5(3-6)4-9-10-7/h2,5,8-10H,3-4,6-7H2,1H3,(H,20,21);1-4H,(H,9,10). The molecular weight excluding hydrogens is 488 g/mol. The zero-order valence-corrected chi connectivity index (χ0v) is 19.4. The van der Waals surface area contributed by atoms with Crippen molar-refractivity contribution >= 4 is 37.3 Å². The van der Waals surface area contributed by atoms with Gasteiger partial charge in [-0.25, -0.2) is 12.8 Å². The highest BCUT2D eigenvalue weighted by Crippen LogP contribution is 2.40. The summed E-state index contributed by atoms with van der Waals surface area (Å²) in [5.74, 6) is -0.228. The number of H-pyrrole nitrogens is 1. The van der Waals surface area contributed by atoms with Gasteiger partial charge in [0.05, 0.1) is 32.9 Å². The number of nitrogens with one attached hydrogen (secondary N) is 2. The third-order valence-corrected chi connectivity index (χ3v) is 8.03. The number of aromatic amines is 1. The first-order valence-electron chi connectivity index (χ1n) is 10.7. The van der Waals surface area contributed by atoms with Crippen LogP contribution in [0.2, 0.25) is 0 Å². The number of halogens is 4. The van der Waals surface area contributed by atoms with E-state index >= 15 is 0 Å². The molecule has 0 spiro atoms. The van der Waals surface area contributed by atoms with Crippen molar-refractivity contribution in [1.82, 2.24) is 15.2 Å². The molecule has 0 atom stereocenters. The first kappa shape index (κ1) is 24.9. The van der Waals surface area contributed by atoms with Gasteiger partial charge in [0.15, 0.2) is 9.84 Å². The predicted octanol–water partition coefficient (Wildman–Crippen LogP) is 4.95. The van der Waals surface area contributed by atoms with Crippen molar-refractivity contribution < 1.29 is 30.7 Å². The maximum Gasteiger partial charge on any atom is 0.417 e. The molecule has 0 aliphatic carbocycles. The predicted molar refractivity (Wildman–Crippen MR) is 123 cm³/mol. The number of anilines is 1. The highest BCUT2D eigenvalue weighted by molar-refractivity contribution is 7.92. The summed E-state index contributed by atoms with van der Waals surface area (Å²) >= 11 is 0. The van der Waals surface area contributed by atoms with E-state index in [1.165, 1.54) is 18.3 Å². The number of benzene rings is 2. The second kappa shape index (κ2) is 9.78. The molecular formula is C23H22F4N4O3S. The monoisotopic (exact) mass is 510 g/mol. The van der Waals surface area contributed by atoms with Gasteiger partial charge in [0.1, 0.15) is 5.82 Å². The Hall–Kier alpha value is -3.25. The number of fused-ring (bicyclic) bond motifs is 2. The summed E-state index contributed by atoms with van der Waals surface area (Å²) in [6.07, 6.45) is -1.45. The minimum Gasteiger partial charge on any atom is -0.388 e. The molecule has 3 heterocycles. The number of nitrogens with zero attached hydrogens (tertiary/aromatic N) is 2. The normalized spacial score (nSPS) is 15.1. The van der Waals surface area contributed by atoms with Crippen LogP contribution in [0.5, 0.6) is 0 Å². The van der Waals surface area contributed by atoms with Crippen molar-refractivity contribution in [2.75, 3.05) is 25.6 Å². The summed E-state index contributed by atoms with van der Waals surface area (Å²) in [6, 6.07) is 7.99. The smallest absolute Gasteiger partial charge is 0.388 e. The van der Waals surface area contributed by atoms with Crippen LogP contribution in [-0.2, 0) is 20.8 Å². The SMILES string of the molecule is CNc1ccnc2cc(C(F)(F)F)c(S(=O)(=O)C3CCOCC3)cc12.Fc1ccc2[nH]ncc2c1. The van der Waals surface area contributed by atoms with E-state index in [9.17, 15) is 26.0 Å². The van der Waals surface area contributed by atoms with Crippen molar-refractivity contribution in [2.45, 2.75) is 29.2 Å². The number of alkyl halides is 3. The third-order valence-electron chi connectivity index (χ3n) is 5.73. The lowest BCUT2D eigenvalue weighted by Gasteiger charge is -2.24. The maximum absolute atomic E-state index is 13.5. The average molecular weight is 511 g/mol. The van der Waals surface area contributed by atoms with Gasteiger partial charge < -0.3 is 10.1 Å². The quantitative estimate of drug-likeness (QED) is 0.379. The molecule has 0 saturated carbocycles. The second-order valence-electron chi connectivity index (χ2n) is 7.93. The number of rotatable bonds is 3. The van der Waals surface area contributed by atoms with Crippen LogP contribution < -0.4 is 5.32 Å². The number of hydrogen-bond donors (Lipinski definition) is 2. The molecule has 4 aromatic rings. The molecule has 0 radical (unpaired) electrons. The summed E-state index contributed by atoms with van der Waals surface area (Å²) in [5, 5.41) is 9.59. The van der Waals surface area contributed by atoms with Crippen LogP contribution in [0, 0.1) is 5.82 Å². The van der Waals surface area contributed by atoms with Gasteiger partial charge in [0.25, 0.3) is 0 Å². The van der Waals surface area contributed by atoms with Gasteiger partial charge in [0, 0.05) is 42.9 Å². The van der Waals surface area contributed by atoms with Crippen molar-refractivity contribution in [1.29, 1.82) is 0 Å². The first-order valence-corrected chi connectivity index (χ1v) is 12.2. The molecule has 7 nitrogen and oxygen atoms in total. The molecule has 0 unspecified atom stereocenters. The number of aromatic nitrogens is 3. The molecule has 35 heavy (non-hydrogen) atoms. The molecule has 2 aromatic carbocycles. The highest BCUT2D eigenvalue weighted by atomic mass is 32.2. The van der Waals surface area contributed by atoms with Gasteiger partial charge in [-0.15, -0.1) is 0 Å². The van der Waals surface area contributed by atoms with Crippen LogP contribution >= 0.6 is 0 Å². The molecule has 1 saturated heterocycles. The van der Waals surface area contributed by atoms with Crippen molar-refractivity contribution in [2.24, 2.45) is 0 Å². The van der Waals surface area contributed by atoms with Crippen molar-refractivity contribution in [3.05, 3.63) is 60.2 Å². The Morgan fingerprint density at radius 1 is 1.11 bits per heavy atom. The lowest BCUT2D eigenvalue weighted by atomic mass is 10.1. The summed E-state index contributed by atoms with van der Waals surface area (Å²) in [4.78, 5) is 3.25. The fourth-order valence-corrected chi connectivity index (χ4v) is 5.86. The molecule has 2 aromatic heterocycles. The lowest BCUT2D eigenvalue weighted by Crippen LogP contribution is -2.30. The molecule has 0 bridgehead atoms. The third kappa shape index (κ3) is 5.22. The number of pyridine rings is 1. The molecule has 0 amide bonds. The highest BCUT2D eigenvalue weighted by Gasteiger charge is 2.40. The number of sulfone groups is 1. The van der Waals surface area contributed by atoms with Crippen LogP contribution in [-0.4, -0.2) is 49.1 Å². The van der Waals surface area contributed by atoms with Crippen molar-refractivity contribution in [3.63, 3.8) is 0 Å². The summed E-state index contributed by atoms with van der Waals surface area (Å²) in [7, 11) is -2.54. The number of hydrogen-bond acceptors (Lipinski definition) is 6. The summed E-state index contributed by atoms with van der Waals surface area (Å²) in [5.41, 5.74) is 0.292. The molecule has 12 heteroatoms. The second-order valence-corrected chi connectivity index (χ2v) is 10.1. The van der Waals surface area contributed by atoms with Crippen LogP contribution in [0.15, 0.2) is 53.7 Å². The first-order chi connectivity index (χ1) is 16.6. The van der Waals surface area contributed by atoms with Gasteiger partial charge in [-0.3, -0.25) is 10.1 Å². The fourth-order valence-electron chi connectivity index (χ4n) is 3.93. The van der Waals surface area contributed by atoms with E-state index in [0.29, 0.717) is 11.1 Å². The minimum absolute atomic E-state index is 0.0881. The van der Waals surface area contributed by atoms with Gasteiger partial charge in [-0.1, -0.05) is 0 Å². The maximum atomic E-state index is 13.5. The van der Waals surface area contributed by atoms with Gasteiger partial charge in [-0.2, -0.15) is 18.3 Å². The van der Waals surface area contributed by atoms with E-state index < -0.39 is 31.7 Å². The van der Waals surface area contributed by atoms with Crippen LogP contribution in [0.4, 0.5) is 23.2 Å². The van der Waals surface area contributed by atoms with Gasteiger partial charge in [-0.05, 0) is 49.2 Å². The Morgan fingerprint density at radius 2 is 1.86 bits per heavy atom. The Balaban J connectivity index is 0.000000239. The molecule has 1 aliphatic rings. The largest absolute Gasteiger partial charge is 0.417 e. The fraction of sp³-hybridized carbons (Fsp3) is 0.304. The Labute approximate surface area is 198 Å². The zero-order chi connectivity index (χ0) is 25.2. The molecule has 2 N–H and O–H groups in total. The Morgan fingerprint density at radius 3 is 2.54 bits per heavy atom. The average Bonchev–Trinajstić information content (AvgIpc) is 3.31. The summed E-state index contributed by atoms with van der Waals surface area (Å²) in [6.45, 7) is 0.449. The minimum atomic E-state index is -4.79. The van der Waals surface area contributed by atoms with Crippen LogP contribution in [0.25, 0.3) is 21.8 Å². The van der Waals surface area contributed by atoms with Crippen molar-refractivity contribution in [3.8, 4) is 0 Å². The van der Waals surface area contributed by atoms with Crippen LogP contribution in [0.3, 0.4) is 0 Å². The molecule has 1 fully saturated rings.